The number of carbonyl (C=O) groups is 3. The van der Waals surface area contributed by atoms with Crippen molar-refractivity contribution in [1.29, 1.82) is 0 Å². The first-order valence-corrected chi connectivity index (χ1v) is 8.90. The summed E-state index contributed by atoms with van der Waals surface area (Å²) in [6.45, 7) is 4.10. The van der Waals surface area contributed by atoms with E-state index in [1.807, 2.05) is 0 Å². The molecule has 0 unspecified atom stereocenters. The third-order valence-electron chi connectivity index (χ3n) is 2.51. The van der Waals surface area contributed by atoms with Crippen LogP contribution in [-0.2, 0) is 32.5 Å². The standard InChI is InChI=1S/C15H24N3O7P/c1-10(7-13(19)16-4)23-26(22,24-11(2)8-14(20)17-5)25-12(3)9-15(21)18-6/h7-9H,1-6H3,(H,16,19)(H,17,20)(H,18,21)/b10-7-,11-8-,12-9-. The molecule has 0 bridgehead atoms. The predicted molar refractivity (Wildman–Crippen MR) is 94.3 cm³/mol. The van der Waals surface area contributed by atoms with Crippen molar-refractivity contribution in [2.45, 2.75) is 20.8 Å². The van der Waals surface area contributed by atoms with Crippen LogP contribution in [0.3, 0.4) is 0 Å². The quantitative estimate of drug-likeness (QED) is 0.305. The zero-order chi connectivity index (χ0) is 20.3. The average molecular weight is 389 g/mol. The number of allylic oxidation sites excluding steroid dienone is 3. The molecule has 0 heterocycles. The van der Waals surface area contributed by atoms with Gasteiger partial charge < -0.3 is 29.5 Å². The number of nitrogens with one attached hydrogen (secondary N) is 3. The van der Waals surface area contributed by atoms with E-state index in [0.717, 1.165) is 18.2 Å². The van der Waals surface area contributed by atoms with Crippen molar-refractivity contribution in [3.8, 4) is 0 Å². The van der Waals surface area contributed by atoms with Gasteiger partial charge in [-0.2, -0.15) is 4.57 Å². The largest absolute Gasteiger partial charge is 0.646 e. The molecule has 0 saturated carbocycles. The van der Waals surface area contributed by atoms with Gasteiger partial charge in [0.25, 0.3) is 0 Å². The van der Waals surface area contributed by atoms with Crippen molar-refractivity contribution in [2.24, 2.45) is 0 Å². The molecule has 0 spiro atoms. The second kappa shape index (κ2) is 11.0. The topological polar surface area (TPSA) is 132 Å². The Kier molecular flexibility index (Phi) is 9.83. The normalized spacial score (nSPS) is 12.8. The van der Waals surface area contributed by atoms with Gasteiger partial charge in [-0.15, -0.1) is 0 Å². The molecule has 0 aliphatic rings. The summed E-state index contributed by atoms with van der Waals surface area (Å²) < 4.78 is 28.3. The van der Waals surface area contributed by atoms with Crippen LogP contribution in [0.5, 0.6) is 0 Å². The van der Waals surface area contributed by atoms with E-state index in [1.165, 1.54) is 41.9 Å². The molecule has 0 rings (SSSR count). The third-order valence-corrected chi connectivity index (χ3v) is 4.04. The van der Waals surface area contributed by atoms with E-state index in [-0.39, 0.29) is 17.3 Å². The molecular weight excluding hydrogens is 365 g/mol. The molecule has 0 aromatic carbocycles. The summed E-state index contributed by atoms with van der Waals surface area (Å²) in [5.74, 6) is -1.67. The Balaban J connectivity index is 5.60. The number of rotatable bonds is 9. The lowest BCUT2D eigenvalue weighted by Gasteiger charge is -2.20. The van der Waals surface area contributed by atoms with E-state index in [4.69, 9.17) is 13.6 Å². The van der Waals surface area contributed by atoms with Crippen molar-refractivity contribution in [3.63, 3.8) is 0 Å². The van der Waals surface area contributed by atoms with Gasteiger partial charge in [0.2, 0.25) is 17.7 Å². The Hall–Kier alpha value is -2.74. The highest BCUT2D eigenvalue weighted by atomic mass is 31.2. The van der Waals surface area contributed by atoms with Crippen LogP contribution in [0.1, 0.15) is 20.8 Å². The van der Waals surface area contributed by atoms with E-state index in [9.17, 15) is 18.9 Å². The fourth-order valence-corrected chi connectivity index (χ4v) is 2.76. The fraction of sp³-hybridized carbons (Fsp3) is 0.400. The molecule has 0 atom stereocenters. The van der Waals surface area contributed by atoms with Crippen LogP contribution in [0.4, 0.5) is 0 Å². The van der Waals surface area contributed by atoms with Crippen molar-refractivity contribution >= 4 is 25.5 Å². The predicted octanol–water partition coefficient (Wildman–Crippen LogP) is 1.09. The molecule has 0 aromatic heterocycles. The summed E-state index contributed by atoms with van der Waals surface area (Å²) in [4.78, 5) is 34.1. The number of hydrogen-bond donors (Lipinski definition) is 3. The molecule has 3 N–H and O–H groups in total. The molecule has 0 aromatic rings. The van der Waals surface area contributed by atoms with Crippen molar-refractivity contribution in [2.75, 3.05) is 21.1 Å². The van der Waals surface area contributed by atoms with E-state index in [1.54, 1.807) is 0 Å². The first-order chi connectivity index (χ1) is 12.0. The van der Waals surface area contributed by atoms with E-state index < -0.39 is 25.5 Å². The highest BCUT2D eigenvalue weighted by Gasteiger charge is 2.33. The lowest BCUT2D eigenvalue weighted by atomic mass is 10.4. The average Bonchev–Trinajstić information content (AvgIpc) is 2.52. The maximum absolute atomic E-state index is 12.9. The van der Waals surface area contributed by atoms with Gasteiger partial charge in [-0.05, 0) is 20.8 Å². The first kappa shape index (κ1) is 23.3. The minimum atomic E-state index is -4.33. The van der Waals surface area contributed by atoms with E-state index >= 15 is 0 Å². The number of phosphoric ester groups is 1. The van der Waals surface area contributed by atoms with Gasteiger partial charge in [-0.1, -0.05) is 0 Å². The minimum absolute atomic E-state index is 0.0619. The van der Waals surface area contributed by atoms with Crippen LogP contribution < -0.4 is 16.0 Å². The molecule has 11 heteroatoms. The number of amides is 3. The highest BCUT2D eigenvalue weighted by Crippen LogP contribution is 2.54. The lowest BCUT2D eigenvalue weighted by Crippen LogP contribution is -2.16. The zero-order valence-electron chi connectivity index (χ0n) is 15.5. The Morgan fingerprint density at radius 1 is 0.654 bits per heavy atom. The smallest absolute Gasteiger partial charge is 0.391 e. The summed E-state index contributed by atoms with van der Waals surface area (Å²) in [6, 6.07) is 0. The van der Waals surface area contributed by atoms with Gasteiger partial charge in [0.05, 0.1) is 0 Å². The second-order valence-electron chi connectivity index (χ2n) is 4.83. The number of likely N-dealkylation sites (N-methyl/N-ethyl adjacent to an activating group) is 3. The molecule has 0 radical (unpaired) electrons. The Labute approximate surface area is 152 Å². The summed E-state index contributed by atoms with van der Waals surface area (Å²) in [7, 11) is -0.109. The molecular formula is C15H24N3O7P. The van der Waals surface area contributed by atoms with E-state index in [2.05, 4.69) is 16.0 Å². The SMILES string of the molecule is CNC(=O)/C=C(/C)OP(=O)(O/C(C)=C\C(=O)NC)O/C(C)=C\C(=O)NC. The third kappa shape index (κ3) is 9.53. The first-order valence-electron chi connectivity index (χ1n) is 7.44. The van der Waals surface area contributed by atoms with Crippen LogP contribution in [0.2, 0.25) is 0 Å². The van der Waals surface area contributed by atoms with Gasteiger partial charge in [0.15, 0.2) is 0 Å². The van der Waals surface area contributed by atoms with Crippen LogP contribution in [0.25, 0.3) is 0 Å². The second-order valence-corrected chi connectivity index (χ2v) is 6.27. The molecule has 0 saturated heterocycles. The van der Waals surface area contributed by atoms with E-state index in [0.29, 0.717) is 0 Å². The van der Waals surface area contributed by atoms with Gasteiger partial charge >= 0.3 is 7.82 Å². The van der Waals surface area contributed by atoms with Crippen molar-refractivity contribution in [1.82, 2.24) is 16.0 Å². The summed E-state index contributed by atoms with van der Waals surface area (Å²) in [5.41, 5.74) is 0. The Morgan fingerprint density at radius 3 is 1.08 bits per heavy atom. The molecule has 0 fully saturated rings. The van der Waals surface area contributed by atoms with Crippen molar-refractivity contribution in [3.05, 3.63) is 35.5 Å². The van der Waals surface area contributed by atoms with Crippen LogP contribution >= 0.6 is 7.82 Å². The molecule has 3 amide bonds. The maximum Gasteiger partial charge on any atom is 0.646 e. The van der Waals surface area contributed by atoms with Crippen LogP contribution in [0, 0.1) is 0 Å². The van der Waals surface area contributed by atoms with Gasteiger partial charge in [-0.25, -0.2) is 0 Å². The molecule has 0 aliphatic heterocycles. The molecule has 26 heavy (non-hydrogen) atoms. The zero-order valence-corrected chi connectivity index (χ0v) is 16.4. The molecule has 10 nitrogen and oxygen atoms in total. The Bertz CT molecular complexity index is 592. The fourth-order valence-electron chi connectivity index (χ4n) is 1.43. The summed E-state index contributed by atoms with van der Waals surface area (Å²) >= 11 is 0. The number of phosphoric acid groups is 1. The minimum Gasteiger partial charge on any atom is -0.391 e. The summed E-state index contributed by atoms with van der Waals surface area (Å²) in [5, 5.41) is 7.01. The number of carbonyl (C=O) groups excluding carboxylic acids is 3. The van der Waals surface area contributed by atoms with Gasteiger partial charge in [0, 0.05) is 39.4 Å². The monoisotopic (exact) mass is 389 g/mol. The lowest BCUT2D eigenvalue weighted by molar-refractivity contribution is -0.117. The Morgan fingerprint density at radius 2 is 0.885 bits per heavy atom. The highest BCUT2D eigenvalue weighted by molar-refractivity contribution is 7.48. The molecule has 146 valence electrons. The maximum atomic E-state index is 12.9. The molecule has 0 aliphatic carbocycles. The number of hydrogen-bond acceptors (Lipinski definition) is 7. The summed E-state index contributed by atoms with van der Waals surface area (Å²) in [6.07, 6.45) is 3.11. The van der Waals surface area contributed by atoms with Gasteiger partial charge in [0.1, 0.15) is 17.3 Å². The van der Waals surface area contributed by atoms with Gasteiger partial charge in [-0.3, -0.25) is 14.4 Å². The van der Waals surface area contributed by atoms with Crippen molar-refractivity contribution < 1.29 is 32.5 Å². The van der Waals surface area contributed by atoms with Crippen LogP contribution in [-0.4, -0.2) is 38.9 Å². The van der Waals surface area contributed by atoms with Crippen LogP contribution in [0.15, 0.2) is 35.5 Å².